The Kier molecular flexibility index (Phi) is 7.56. The number of methoxy groups -OCH3 is 1. The molecule has 3 aromatic rings. The van der Waals surface area contributed by atoms with Gasteiger partial charge in [-0.1, -0.05) is 42.0 Å². The van der Waals surface area contributed by atoms with Crippen molar-refractivity contribution in [2.24, 2.45) is 0 Å². The third-order valence-electron chi connectivity index (χ3n) is 4.47. The summed E-state index contributed by atoms with van der Waals surface area (Å²) in [5.41, 5.74) is 3.73. The quantitative estimate of drug-likeness (QED) is 0.419. The molecule has 6 nitrogen and oxygen atoms in total. The average Bonchev–Trinajstić information content (AvgIpc) is 3.26. The maximum absolute atomic E-state index is 12.2. The molecule has 0 aliphatic heterocycles. The van der Waals surface area contributed by atoms with E-state index in [9.17, 15) is 9.59 Å². The number of aromatic nitrogens is 1. The van der Waals surface area contributed by atoms with Crippen LogP contribution in [0, 0.1) is 6.92 Å². The van der Waals surface area contributed by atoms with Gasteiger partial charge in [-0.3, -0.25) is 4.79 Å². The van der Waals surface area contributed by atoms with E-state index >= 15 is 0 Å². The molecule has 0 saturated heterocycles. The monoisotopic (exact) mass is 436 g/mol. The topological polar surface area (TPSA) is 77.5 Å². The van der Waals surface area contributed by atoms with Crippen molar-refractivity contribution in [1.82, 2.24) is 10.3 Å². The molecule has 1 aromatic heterocycles. The van der Waals surface area contributed by atoms with Gasteiger partial charge in [-0.15, -0.1) is 11.3 Å². The summed E-state index contributed by atoms with van der Waals surface area (Å²) in [5, 5.41) is 5.34. The highest BCUT2D eigenvalue weighted by Crippen LogP contribution is 2.24. The standard InChI is InChI=1S/C24H24N2O4S/c1-16-4-9-19(10-5-16)23-26-20(15-31-23)14-30-24(28)17(2)25-22(27)13-8-18-6-11-21(29-3)12-7-18/h4-13,15,17H,14H2,1-3H3,(H,25,27). The summed E-state index contributed by atoms with van der Waals surface area (Å²) in [7, 11) is 1.59. The maximum Gasteiger partial charge on any atom is 0.328 e. The number of aryl methyl sites for hydroxylation is 1. The van der Waals surface area contributed by atoms with Gasteiger partial charge in [-0.2, -0.15) is 0 Å². The molecule has 0 aliphatic rings. The van der Waals surface area contributed by atoms with E-state index in [0.29, 0.717) is 5.69 Å². The van der Waals surface area contributed by atoms with Crippen LogP contribution in [0.1, 0.15) is 23.7 Å². The average molecular weight is 437 g/mol. The number of nitrogens with one attached hydrogen (secondary N) is 1. The SMILES string of the molecule is COc1ccc(C=CC(=O)NC(C)C(=O)OCc2csc(-c3ccc(C)cc3)n2)cc1. The molecule has 1 atom stereocenters. The van der Waals surface area contributed by atoms with Crippen LogP contribution < -0.4 is 10.1 Å². The van der Waals surface area contributed by atoms with E-state index in [-0.39, 0.29) is 12.5 Å². The number of hydrogen-bond acceptors (Lipinski definition) is 6. The molecule has 0 spiro atoms. The van der Waals surface area contributed by atoms with Crippen molar-refractivity contribution < 1.29 is 19.1 Å². The molecule has 1 amide bonds. The predicted octanol–water partition coefficient (Wildman–Crippen LogP) is 4.39. The summed E-state index contributed by atoms with van der Waals surface area (Å²) in [5.74, 6) is -0.157. The highest BCUT2D eigenvalue weighted by atomic mass is 32.1. The minimum Gasteiger partial charge on any atom is -0.497 e. The van der Waals surface area contributed by atoms with Crippen molar-refractivity contribution in [3.05, 3.63) is 76.8 Å². The van der Waals surface area contributed by atoms with Crippen LogP contribution in [-0.2, 0) is 20.9 Å². The van der Waals surface area contributed by atoms with Crippen molar-refractivity contribution in [2.75, 3.05) is 7.11 Å². The fourth-order valence-electron chi connectivity index (χ4n) is 2.68. The largest absolute Gasteiger partial charge is 0.497 e. The molecule has 0 saturated carbocycles. The summed E-state index contributed by atoms with van der Waals surface area (Å²) >= 11 is 1.50. The minimum absolute atomic E-state index is 0.0586. The van der Waals surface area contributed by atoms with Gasteiger partial charge in [0.2, 0.25) is 5.91 Å². The lowest BCUT2D eigenvalue weighted by Gasteiger charge is -2.11. The fraction of sp³-hybridized carbons (Fsp3) is 0.208. The number of amides is 1. The van der Waals surface area contributed by atoms with Crippen LogP contribution in [0.4, 0.5) is 0 Å². The summed E-state index contributed by atoms with van der Waals surface area (Å²) in [6.45, 7) is 3.68. The molecule has 1 unspecified atom stereocenters. The van der Waals surface area contributed by atoms with Gasteiger partial charge in [0.25, 0.3) is 0 Å². The van der Waals surface area contributed by atoms with E-state index in [4.69, 9.17) is 9.47 Å². The zero-order valence-corrected chi connectivity index (χ0v) is 18.4. The number of carbonyl (C=O) groups excluding carboxylic acids is 2. The number of benzene rings is 2. The molecule has 0 bridgehead atoms. The Hall–Kier alpha value is -3.45. The Morgan fingerprint density at radius 3 is 2.52 bits per heavy atom. The molecule has 1 heterocycles. The molecule has 160 valence electrons. The Morgan fingerprint density at radius 1 is 1.13 bits per heavy atom. The van der Waals surface area contributed by atoms with E-state index in [0.717, 1.165) is 21.9 Å². The molecule has 7 heteroatoms. The lowest BCUT2D eigenvalue weighted by atomic mass is 10.2. The van der Waals surface area contributed by atoms with Gasteiger partial charge >= 0.3 is 5.97 Å². The molecule has 0 aliphatic carbocycles. The Balaban J connectivity index is 1.47. The highest BCUT2D eigenvalue weighted by molar-refractivity contribution is 7.13. The van der Waals surface area contributed by atoms with Crippen LogP contribution in [0.15, 0.2) is 60.0 Å². The number of carbonyl (C=O) groups is 2. The molecule has 3 rings (SSSR count). The lowest BCUT2D eigenvalue weighted by molar-refractivity contribution is -0.148. The van der Waals surface area contributed by atoms with E-state index < -0.39 is 12.0 Å². The van der Waals surface area contributed by atoms with Crippen molar-refractivity contribution in [1.29, 1.82) is 0 Å². The molecule has 0 fully saturated rings. The molecular weight excluding hydrogens is 412 g/mol. The second-order valence-corrected chi connectivity index (χ2v) is 7.81. The summed E-state index contributed by atoms with van der Waals surface area (Å²) in [6.07, 6.45) is 3.04. The number of thiazole rings is 1. The number of nitrogens with zero attached hydrogens (tertiary/aromatic N) is 1. The van der Waals surface area contributed by atoms with Crippen LogP contribution in [0.25, 0.3) is 16.6 Å². The van der Waals surface area contributed by atoms with Gasteiger partial charge in [0.05, 0.1) is 12.8 Å². The number of ether oxygens (including phenoxy) is 2. The number of rotatable bonds is 8. The summed E-state index contributed by atoms with van der Waals surface area (Å²) in [6, 6.07) is 14.6. The molecule has 31 heavy (non-hydrogen) atoms. The maximum atomic E-state index is 12.2. The first kappa shape index (κ1) is 22.2. The van der Waals surface area contributed by atoms with Gasteiger partial charge in [0.15, 0.2) is 0 Å². The molecular formula is C24H24N2O4S. The van der Waals surface area contributed by atoms with Gasteiger partial charge in [0.1, 0.15) is 23.4 Å². The first-order valence-corrected chi connectivity index (χ1v) is 10.6. The zero-order valence-electron chi connectivity index (χ0n) is 17.6. The van der Waals surface area contributed by atoms with Crippen molar-refractivity contribution in [2.45, 2.75) is 26.5 Å². The lowest BCUT2D eigenvalue weighted by Crippen LogP contribution is -2.38. The van der Waals surface area contributed by atoms with Gasteiger partial charge < -0.3 is 14.8 Å². The fourth-order valence-corrected chi connectivity index (χ4v) is 3.49. The first-order valence-electron chi connectivity index (χ1n) is 9.75. The third kappa shape index (κ3) is 6.52. The Bertz CT molecular complexity index is 1060. The second kappa shape index (κ2) is 10.5. The van der Waals surface area contributed by atoms with Crippen LogP contribution in [0.5, 0.6) is 5.75 Å². The Labute approximate surface area is 185 Å². The molecule has 0 radical (unpaired) electrons. The van der Waals surface area contributed by atoms with E-state index in [2.05, 4.69) is 10.3 Å². The van der Waals surface area contributed by atoms with E-state index in [1.54, 1.807) is 32.2 Å². The third-order valence-corrected chi connectivity index (χ3v) is 5.41. The van der Waals surface area contributed by atoms with Crippen molar-refractivity contribution in [3.63, 3.8) is 0 Å². The summed E-state index contributed by atoms with van der Waals surface area (Å²) < 4.78 is 10.4. The van der Waals surface area contributed by atoms with Gasteiger partial charge in [-0.05, 0) is 37.6 Å². The minimum atomic E-state index is -0.775. The van der Waals surface area contributed by atoms with Crippen LogP contribution in [0.2, 0.25) is 0 Å². The van der Waals surface area contributed by atoms with Crippen LogP contribution in [0.3, 0.4) is 0 Å². The zero-order chi connectivity index (χ0) is 22.2. The molecule has 1 N–H and O–H groups in total. The predicted molar refractivity (Wildman–Crippen MR) is 122 cm³/mol. The molecule has 2 aromatic carbocycles. The van der Waals surface area contributed by atoms with Crippen molar-refractivity contribution >= 4 is 29.3 Å². The highest BCUT2D eigenvalue weighted by Gasteiger charge is 2.16. The van der Waals surface area contributed by atoms with Crippen molar-refractivity contribution in [3.8, 4) is 16.3 Å². The van der Waals surface area contributed by atoms with Crippen LogP contribution in [-0.4, -0.2) is 30.0 Å². The first-order chi connectivity index (χ1) is 14.9. The summed E-state index contributed by atoms with van der Waals surface area (Å²) in [4.78, 5) is 28.8. The van der Waals surface area contributed by atoms with Gasteiger partial charge in [-0.25, -0.2) is 9.78 Å². The number of hydrogen-bond donors (Lipinski definition) is 1. The smallest absolute Gasteiger partial charge is 0.328 e. The van der Waals surface area contributed by atoms with E-state index in [1.807, 2.05) is 48.7 Å². The normalized spacial score (nSPS) is 11.8. The Morgan fingerprint density at radius 2 is 1.84 bits per heavy atom. The van der Waals surface area contributed by atoms with E-state index in [1.165, 1.54) is 23.0 Å². The number of esters is 1. The van der Waals surface area contributed by atoms with Gasteiger partial charge in [0, 0.05) is 17.0 Å². The second-order valence-electron chi connectivity index (χ2n) is 6.95. The van der Waals surface area contributed by atoms with Crippen LogP contribution >= 0.6 is 11.3 Å².